The molecule has 5 rings (SSSR count). The fraction of sp³-hybridized carbons (Fsp3) is 0.111. The Morgan fingerprint density at radius 2 is 1.86 bits per heavy atom. The van der Waals surface area contributed by atoms with Gasteiger partial charge in [0.2, 0.25) is 0 Å². The number of hydrogen-bond acceptors (Lipinski definition) is 8. The lowest BCUT2D eigenvalue weighted by Crippen LogP contribution is -2.22. The van der Waals surface area contributed by atoms with Crippen LogP contribution in [0.1, 0.15) is 10.6 Å². The minimum absolute atomic E-state index is 0.0255. The second-order valence-electron chi connectivity index (χ2n) is 7.94. The van der Waals surface area contributed by atoms with Gasteiger partial charge in [0, 0.05) is 0 Å². The van der Waals surface area contributed by atoms with Crippen LogP contribution in [0.3, 0.4) is 0 Å². The summed E-state index contributed by atoms with van der Waals surface area (Å²) in [6, 6.07) is 22.3. The molecule has 2 aromatic heterocycles. The largest absolute Gasteiger partial charge is 0.510 e. The minimum atomic E-state index is -0.248. The molecular formula is C27H20N4O3S2. The van der Waals surface area contributed by atoms with E-state index in [1.165, 1.54) is 15.9 Å². The van der Waals surface area contributed by atoms with Gasteiger partial charge in [0.05, 0.1) is 39.7 Å². The Labute approximate surface area is 215 Å². The molecule has 5 aromatic rings. The third-order valence-electron chi connectivity index (χ3n) is 5.57. The van der Waals surface area contributed by atoms with E-state index in [2.05, 4.69) is 11.1 Å². The van der Waals surface area contributed by atoms with Crippen molar-refractivity contribution >= 4 is 49.8 Å². The van der Waals surface area contributed by atoms with Crippen LogP contribution in [0.15, 0.2) is 82.4 Å². The Kier molecular flexibility index (Phi) is 6.46. The summed E-state index contributed by atoms with van der Waals surface area (Å²) >= 11 is 2.51. The highest BCUT2D eigenvalue weighted by molar-refractivity contribution is 7.99. The fourth-order valence-corrected chi connectivity index (χ4v) is 5.68. The van der Waals surface area contributed by atoms with E-state index < -0.39 is 0 Å². The predicted octanol–water partition coefficient (Wildman–Crippen LogP) is 5.90. The minimum Gasteiger partial charge on any atom is -0.510 e. The number of para-hydroxylation sites is 2. The quantitative estimate of drug-likeness (QED) is 0.131. The van der Waals surface area contributed by atoms with E-state index in [-0.39, 0.29) is 22.6 Å². The van der Waals surface area contributed by atoms with E-state index >= 15 is 0 Å². The van der Waals surface area contributed by atoms with Crippen LogP contribution >= 0.6 is 23.1 Å². The zero-order chi connectivity index (χ0) is 25.2. The molecule has 1 N–H and O–H groups in total. The first-order valence-corrected chi connectivity index (χ1v) is 12.8. The predicted molar refractivity (Wildman–Crippen MR) is 144 cm³/mol. The maximum absolute atomic E-state index is 13.6. The van der Waals surface area contributed by atoms with Gasteiger partial charge in [-0.15, -0.1) is 11.3 Å². The van der Waals surface area contributed by atoms with Gasteiger partial charge in [-0.2, -0.15) is 5.26 Å². The molecule has 0 radical (unpaired) electrons. The molecule has 0 fully saturated rings. The smallest absolute Gasteiger partial charge is 0.266 e. The van der Waals surface area contributed by atoms with Gasteiger partial charge >= 0.3 is 0 Å². The van der Waals surface area contributed by atoms with Crippen molar-refractivity contribution in [1.29, 1.82) is 5.26 Å². The molecule has 0 unspecified atom stereocenters. The Hall–Kier alpha value is -4.13. The molecule has 0 bridgehead atoms. The molecule has 0 aliphatic rings. The molecule has 0 saturated heterocycles. The van der Waals surface area contributed by atoms with E-state index in [1.807, 2.05) is 49.4 Å². The molecule has 178 valence electrons. The summed E-state index contributed by atoms with van der Waals surface area (Å²) in [4.78, 5) is 22.8. The van der Waals surface area contributed by atoms with Gasteiger partial charge in [0.15, 0.2) is 5.16 Å². The van der Waals surface area contributed by atoms with Crippen molar-refractivity contribution in [1.82, 2.24) is 14.5 Å². The van der Waals surface area contributed by atoms with Crippen LogP contribution in [0.2, 0.25) is 0 Å². The molecule has 0 spiro atoms. The molecule has 7 nitrogen and oxygen atoms in total. The van der Waals surface area contributed by atoms with E-state index in [4.69, 9.17) is 9.72 Å². The number of thioether (sulfide) groups is 1. The third-order valence-corrected chi connectivity index (χ3v) is 7.57. The number of aliphatic hydroxyl groups excluding tert-OH is 1. The number of thiazole rings is 1. The van der Waals surface area contributed by atoms with Crippen molar-refractivity contribution < 1.29 is 9.84 Å². The molecule has 0 aliphatic carbocycles. The SMILES string of the molecule is COc1ccc(C)cc1-n1c(SC/C(O)=C(\C#N)c2nc3ccccc3s2)nc2ccccc2c1=O. The van der Waals surface area contributed by atoms with Crippen LogP contribution in [0, 0.1) is 18.3 Å². The maximum Gasteiger partial charge on any atom is 0.266 e. The second-order valence-corrected chi connectivity index (χ2v) is 9.91. The Morgan fingerprint density at radius 3 is 2.61 bits per heavy atom. The molecule has 0 aliphatic heterocycles. The summed E-state index contributed by atoms with van der Waals surface area (Å²) in [5.74, 6) is 0.415. The van der Waals surface area contributed by atoms with Gasteiger partial charge in [0.25, 0.3) is 5.56 Å². The number of ether oxygens (including phenoxy) is 1. The molecule has 3 aromatic carbocycles. The lowest BCUT2D eigenvalue weighted by Gasteiger charge is -2.16. The van der Waals surface area contributed by atoms with Crippen LogP contribution < -0.4 is 10.3 Å². The number of rotatable bonds is 6. The van der Waals surface area contributed by atoms with Crippen molar-refractivity contribution in [3.05, 3.63) is 93.4 Å². The van der Waals surface area contributed by atoms with Gasteiger partial charge in [-0.1, -0.05) is 42.1 Å². The number of fused-ring (bicyclic) bond motifs is 2. The van der Waals surface area contributed by atoms with Crippen LogP contribution in [-0.2, 0) is 0 Å². The fourth-order valence-electron chi connectivity index (χ4n) is 3.82. The first-order chi connectivity index (χ1) is 17.5. The van der Waals surface area contributed by atoms with Gasteiger partial charge in [-0.3, -0.25) is 9.36 Å². The number of methoxy groups -OCH3 is 1. The molecule has 0 saturated carbocycles. The summed E-state index contributed by atoms with van der Waals surface area (Å²) in [5.41, 5.74) is 2.67. The molecule has 0 amide bonds. The molecule has 2 heterocycles. The normalized spacial score (nSPS) is 11.9. The number of nitriles is 1. The number of aliphatic hydroxyl groups is 1. The van der Waals surface area contributed by atoms with Crippen molar-refractivity contribution in [3.8, 4) is 17.5 Å². The van der Waals surface area contributed by atoms with Crippen molar-refractivity contribution in [2.45, 2.75) is 12.1 Å². The van der Waals surface area contributed by atoms with E-state index in [0.29, 0.717) is 32.5 Å². The van der Waals surface area contributed by atoms with Crippen LogP contribution in [0.25, 0.3) is 32.4 Å². The summed E-state index contributed by atoms with van der Waals surface area (Å²) in [7, 11) is 1.55. The molecule has 0 atom stereocenters. The molecular weight excluding hydrogens is 492 g/mol. The first-order valence-electron chi connectivity index (χ1n) is 11.0. The Balaban J connectivity index is 1.61. The van der Waals surface area contributed by atoms with Crippen LogP contribution in [0.5, 0.6) is 5.75 Å². The third kappa shape index (κ3) is 4.33. The van der Waals surface area contributed by atoms with Crippen LogP contribution in [-0.4, -0.2) is 32.5 Å². The number of allylic oxidation sites excluding steroid dienone is 1. The zero-order valence-electron chi connectivity index (χ0n) is 19.4. The summed E-state index contributed by atoms with van der Waals surface area (Å²) in [6.45, 7) is 1.93. The first kappa shape index (κ1) is 23.6. The van der Waals surface area contributed by atoms with E-state index in [1.54, 1.807) is 31.4 Å². The summed E-state index contributed by atoms with van der Waals surface area (Å²) < 4.78 is 7.96. The number of aromatic nitrogens is 3. The van der Waals surface area contributed by atoms with Crippen molar-refractivity contribution in [3.63, 3.8) is 0 Å². The molecule has 9 heteroatoms. The highest BCUT2D eigenvalue weighted by atomic mass is 32.2. The highest BCUT2D eigenvalue weighted by Gasteiger charge is 2.19. The summed E-state index contributed by atoms with van der Waals surface area (Å²) in [5, 5.41) is 22.0. The molecule has 36 heavy (non-hydrogen) atoms. The van der Waals surface area contributed by atoms with Gasteiger partial charge < -0.3 is 9.84 Å². The number of nitrogens with zero attached hydrogens (tertiary/aromatic N) is 4. The second kappa shape index (κ2) is 9.85. The average molecular weight is 513 g/mol. The standard InChI is InChI=1S/C27H20N4O3S2/c1-16-11-12-23(34-2)21(13-16)31-26(33)17-7-3-4-8-19(17)30-27(31)35-15-22(32)18(14-28)25-29-20-9-5-6-10-24(20)36-25/h3-13,32H,15H2,1-2H3/b22-18-. The van der Waals surface area contributed by atoms with Crippen molar-refractivity contribution in [2.24, 2.45) is 0 Å². The number of aryl methyl sites for hydroxylation is 1. The lowest BCUT2D eigenvalue weighted by atomic mass is 10.2. The monoisotopic (exact) mass is 512 g/mol. The van der Waals surface area contributed by atoms with E-state index in [0.717, 1.165) is 27.5 Å². The lowest BCUT2D eigenvalue weighted by molar-refractivity contribution is 0.411. The number of benzene rings is 3. The van der Waals surface area contributed by atoms with Gasteiger partial charge in [-0.25, -0.2) is 9.97 Å². The maximum atomic E-state index is 13.6. The Morgan fingerprint density at radius 1 is 1.11 bits per heavy atom. The zero-order valence-corrected chi connectivity index (χ0v) is 21.1. The topological polar surface area (TPSA) is 101 Å². The summed E-state index contributed by atoms with van der Waals surface area (Å²) in [6.07, 6.45) is 0. The number of hydrogen-bond donors (Lipinski definition) is 1. The van der Waals surface area contributed by atoms with Crippen molar-refractivity contribution in [2.75, 3.05) is 12.9 Å². The highest BCUT2D eigenvalue weighted by Crippen LogP contribution is 2.32. The average Bonchev–Trinajstić information content (AvgIpc) is 3.32. The van der Waals surface area contributed by atoms with Gasteiger partial charge in [-0.05, 0) is 48.9 Å². The van der Waals surface area contributed by atoms with E-state index in [9.17, 15) is 15.2 Å². The Bertz CT molecular complexity index is 1720. The van der Waals surface area contributed by atoms with Crippen LogP contribution in [0.4, 0.5) is 0 Å². The van der Waals surface area contributed by atoms with Gasteiger partial charge in [0.1, 0.15) is 28.2 Å².